The van der Waals surface area contributed by atoms with Crippen LogP contribution in [0.25, 0.3) is 0 Å². The van der Waals surface area contributed by atoms with E-state index >= 15 is 0 Å². The molecule has 7 heteroatoms. The summed E-state index contributed by atoms with van der Waals surface area (Å²) in [6, 6.07) is 3.16. The van der Waals surface area contributed by atoms with Gasteiger partial charge in [-0.1, -0.05) is 13.8 Å². The normalized spacial score (nSPS) is 12.0. The molecule has 20 heavy (non-hydrogen) atoms. The van der Waals surface area contributed by atoms with Gasteiger partial charge in [-0.2, -0.15) is 0 Å². The smallest absolute Gasteiger partial charge is 0.242 e. The molecule has 1 heterocycles. The Morgan fingerprint density at radius 3 is 2.50 bits per heavy atom. The lowest BCUT2D eigenvalue weighted by atomic mass is 10.4. The minimum absolute atomic E-state index is 0.178. The lowest BCUT2D eigenvalue weighted by Crippen LogP contribution is -2.30. The lowest BCUT2D eigenvalue weighted by Gasteiger charge is -2.17. The van der Waals surface area contributed by atoms with Crippen LogP contribution < -0.4 is 10.5 Å². The molecule has 0 radical (unpaired) electrons. The van der Waals surface area contributed by atoms with Gasteiger partial charge in [0.15, 0.2) is 0 Å². The van der Waals surface area contributed by atoms with Gasteiger partial charge in [-0.25, -0.2) is 13.1 Å². The minimum Gasteiger partial charge on any atom is -0.325 e. The first-order chi connectivity index (χ1) is 9.53. The van der Waals surface area contributed by atoms with Crippen LogP contribution in [-0.4, -0.2) is 44.5 Å². The molecule has 1 aromatic heterocycles. The molecule has 1 aromatic rings. The number of hydrogen-bond donors (Lipinski definition) is 2. The molecule has 0 bridgehead atoms. The summed E-state index contributed by atoms with van der Waals surface area (Å²) >= 11 is 0. The van der Waals surface area contributed by atoms with E-state index in [1.54, 1.807) is 6.07 Å². The van der Waals surface area contributed by atoms with Crippen molar-refractivity contribution in [2.75, 3.05) is 26.2 Å². The zero-order chi connectivity index (χ0) is 15.0. The highest BCUT2D eigenvalue weighted by atomic mass is 32.2. The van der Waals surface area contributed by atoms with Gasteiger partial charge in [-0.3, -0.25) is 4.98 Å². The summed E-state index contributed by atoms with van der Waals surface area (Å²) in [6.07, 6.45) is 2.13. The zero-order valence-corrected chi connectivity index (χ0v) is 13.0. The molecule has 0 saturated carbocycles. The Morgan fingerprint density at radius 1 is 1.30 bits per heavy atom. The molecule has 0 atom stereocenters. The van der Waals surface area contributed by atoms with Gasteiger partial charge >= 0.3 is 0 Å². The summed E-state index contributed by atoms with van der Waals surface area (Å²) in [4.78, 5) is 6.43. The Labute approximate surface area is 121 Å². The molecule has 0 aliphatic heterocycles. The summed E-state index contributed by atoms with van der Waals surface area (Å²) in [5.41, 5.74) is 6.10. The van der Waals surface area contributed by atoms with Crippen LogP contribution in [0.5, 0.6) is 0 Å². The van der Waals surface area contributed by atoms with Crippen molar-refractivity contribution in [2.24, 2.45) is 5.73 Å². The molecule has 0 aromatic carbocycles. The van der Waals surface area contributed by atoms with Gasteiger partial charge in [0.05, 0.1) is 5.69 Å². The first-order valence-electron chi connectivity index (χ1n) is 6.90. The van der Waals surface area contributed by atoms with E-state index in [-0.39, 0.29) is 4.90 Å². The van der Waals surface area contributed by atoms with Gasteiger partial charge in [0.2, 0.25) is 10.0 Å². The number of hydrogen-bond acceptors (Lipinski definition) is 5. The quantitative estimate of drug-likeness (QED) is 0.650. The summed E-state index contributed by atoms with van der Waals surface area (Å²) in [5.74, 6) is 0. The molecule has 0 spiro atoms. The second-order valence-corrected chi connectivity index (χ2v) is 6.23. The first kappa shape index (κ1) is 17.0. The second-order valence-electron chi connectivity index (χ2n) is 4.47. The highest BCUT2D eigenvalue weighted by Gasteiger charge is 2.13. The molecule has 0 amide bonds. The second kappa shape index (κ2) is 8.31. The topological polar surface area (TPSA) is 88.3 Å². The molecule has 3 N–H and O–H groups in total. The largest absolute Gasteiger partial charge is 0.325 e. The van der Waals surface area contributed by atoms with Gasteiger partial charge in [-0.15, -0.1) is 0 Å². The van der Waals surface area contributed by atoms with Crippen molar-refractivity contribution < 1.29 is 8.42 Å². The fourth-order valence-corrected chi connectivity index (χ4v) is 2.84. The highest BCUT2D eigenvalue weighted by molar-refractivity contribution is 7.89. The Kier molecular flexibility index (Phi) is 7.08. The number of nitrogens with zero attached hydrogens (tertiary/aromatic N) is 2. The number of pyridine rings is 1. The molecule has 0 aliphatic carbocycles. The van der Waals surface area contributed by atoms with Crippen LogP contribution in [-0.2, 0) is 16.6 Å². The monoisotopic (exact) mass is 300 g/mol. The van der Waals surface area contributed by atoms with E-state index in [4.69, 9.17) is 5.73 Å². The molecule has 0 saturated heterocycles. The summed E-state index contributed by atoms with van der Waals surface area (Å²) in [6.45, 7) is 7.77. The third-order valence-corrected chi connectivity index (χ3v) is 4.60. The maximum absolute atomic E-state index is 12.0. The van der Waals surface area contributed by atoms with Crippen LogP contribution in [0.15, 0.2) is 23.2 Å². The fraction of sp³-hybridized carbons (Fsp3) is 0.615. The molecule has 114 valence electrons. The predicted octanol–water partition coefficient (Wildman–Crippen LogP) is 0.551. The third kappa shape index (κ3) is 5.16. The van der Waals surface area contributed by atoms with Crippen molar-refractivity contribution in [2.45, 2.75) is 31.7 Å². The van der Waals surface area contributed by atoms with Crippen LogP contribution in [0.2, 0.25) is 0 Å². The maximum atomic E-state index is 12.0. The SMILES string of the molecule is CCN(CC)CCCNS(=O)(=O)c1ccc(CN)nc1. The van der Waals surface area contributed by atoms with Crippen molar-refractivity contribution in [1.82, 2.24) is 14.6 Å². The Hall–Kier alpha value is -1.02. The number of nitrogens with one attached hydrogen (secondary N) is 1. The van der Waals surface area contributed by atoms with Gasteiger partial charge in [0.1, 0.15) is 4.90 Å². The van der Waals surface area contributed by atoms with Gasteiger partial charge in [0, 0.05) is 19.3 Å². The van der Waals surface area contributed by atoms with Crippen molar-refractivity contribution >= 4 is 10.0 Å². The Morgan fingerprint density at radius 2 is 2.00 bits per heavy atom. The molecular formula is C13H24N4O2S. The summed E-state index contributed by atoms with van der Waals surface area (Å²) in [5, 5.41) is 0. The zero-order valence-electron chi connectivity index (χ0n) is 12.2. The van der Waals surface area contributed by atoms with Crippen molar-refractivity contribution in [3.8, 4) is 0 Å². The standard InChI is InChI=1S/C13H24N4O2S/c1-3-17(4-2)9-5-8-16-20(18,19)13-7-6-12(10-14)15-11-13/h6-7,11,16H,3-5,8-10,14H2,1-2H3. The van der Waals surface area contributed by atoms with Crippen LogP contribution in [0.4, 0.5) is 0 Å². The maximum Gasteiger partial charge on any atom is 0.242 e. The van der Waals surface area contributed by atoms with Gasteiger partial charge in [0.25, 0.3) is 0 Å². The van der Waals surface area contributed by atoms with E-state index in [0.717, 1.165) is 26.1 Å². The lowest BCUT2D eigenvalue weighted by molar-refractivity contribution is 0.300. The van der Waals surface area contributed by atoms with E-state index in [2.05, 4.69) is 28.5 Å². The number of aromatic nitrogens is 1. The van der Waals surface area contributed by atoms with E-state index in [1.807, 2.05) is 0 Å². The van der Waals surface area contributed by atoms with Crippen LogP contribution in [0.1, 0.15) is 26.0 Å². The van der Waals surface area contributed by atoms with E-state index in [9.17, 15) is 8.42 Å². The molecule has 0 unspecified atom stereocenters. The predicted molar refractivity (Wildman–Crippen MR) is 79.7 cm³/mol. The number of sulfonamides is 1. The molecule has 1 rings (SSSR count). The molecule has 0 fully saturated rings. The average molecular weight is 300 g/mol. The first-order valence-corrected chi connectivity index (χ1v) is 8.38. The van der Waals surface area contributed by atoms with Crippen LogP contribution in [0.3, 0.4) is 0 Å². The molecular weight excluding hydrogens is 276 g/mol. The highest BCUT2D eigenvalue weighted by Crippen LogP contribution is 2.07. The Balaban J connectivity index is 2.48. The van der Waals surface area contributed by atoms with Crippen LogP contribution >= 0.6 is 0 Å². The van der Waals surface area contributed by atoms with Crippen molar-refractivity contribution in [1.29, 1.82) is 0 Å². The minimum atomic E-state index is -3.47. The average Bonchev–Trinajstić information content (AvgIpc) is 2.47. The van der Waals surface area contributed by atoms with Gasteiger partial charge < -0.3 is 10.6 Å². The van der Waals surface area contributed by atoms with E-state index < -0.39 is 10.0 Å². The summed E-state index contributed by atoms with van der Waals surface area (Å²) in [7, 11) is -3.47. The Bertz CT molecular complexity index is 484. The van der Waals surface area contributed by atoms with Crippen molar-refractivity contribution in [3.05, 3.63) is 24.0 Å². The fourth-order valence-electron chi connectivity index (χ4n) is 1.82. The number of rotatable bonds is 9. The number of nitrogens with two attached hydrogens (primary N) is 1. The molecule has 0 aliphatic rings. The summed E-state index contributed by atoms with van der Waals surface area (Å²) < 4.78 is 26.6. The molecule has 6 nitrogen and oxygen atoms in total. The van der Waals surface area contributed by atoms with Crippen LogP contribution in [0, 0.1) is 0 Å². The van der Waals surface area contributed by atoms with Crippen molar-refractivity contribution in [3.63, 3.8) is 0 Å². The van der Waals surface area contributed by atoms with E-state index in [1.165, 1.54) is 12.3 Å². The third-order valence-electron chi connectivity index (χ3n) is 3.15. The van der Waals surface area contributed by atoms with Gasteiger partial charge in [-0.05, 0) is 38.2 Å². The van der Waals surface area contributed by atoms with E-state index in [0.29, 0.717) is 18.8 Å².